The van der Waals surface area contributed by atoms with E-state index in [1.165, 1.54) is 0 Å². The molecule has 23 heavy (non-hydrogen) atoms. The van der Waals surface area contributed by atoms with Crippen LogP contribution in [0.4, 0.5) is 0 Å². The van der Waals surface area contributed by atoms with Crippen LogP contribution in [0.25, 0.3) is 0 Å². The van der Waals surface area contributed by atoms with Crippen molar-refractivity contribution in [3.05, 3.63) is 35.9 Å². The molecular weight excluding hydrogens is 292 g/mol. The van der Waals surface area contributed by atoms with Gasteiger partial charge in [0.25, 0.3) is 0 Å². The van der Waals surface area contributed by atoms with Gasteiger partial charge in [-0.15, -0.1) is 0 Å². The predicted molar refractivity (Wildman–Crippen MR) is 87.6 cm³/mol. The minimum absolute atomic E-state index is 0.0893. The van der Waals surface area contributed by atoms with Gasteiger partial charge in [0.1, 0.15) is 11.7 Å². The summed E-state index contributed by atoms with van der Waals surface area (Å²) in [6.45, 7) is 7.45. The van der Waals surface area contributed by atoms with Crippen LogP contribution >= 0.6 is 0 Å². The van der Waals surface area contributed by atoms with E-state index in [1.807, 2.05) is 58.0 Å². The van der Waals surface area contributed by atoms with E-state index in [9.17, 15) is 9.59 Å². The number of hydrogen-bond acceptors (Lipinski definition) is 4. The van der Waals surface area contributed by atoms with Gasteiger partial charge in [0.05, 0.1) is 5.92 Å². The Kier molecular flexibility index (Phi) is 5.45. The number of rotatable bonds is 5. The Morgan fingerprint density at radius 3 is 2.35 bits per heavy atom. The van der Waals surface area contributed by atoms with Crippen LogP contribution in [0.3, 0.4) is 0 Å². The quantitative estimate of drug-likeness (QED) is 0.769. The van der Waals surface area contributed by atoms with Crippen LogP contribution in [-0.4, -0.2) is 17.5 Å². The molecule has 0 heterocycles. The van der Waals surface area contributed by atoms with E-state index in [-0.39, 0.29) is 29.9 Å². The van der Waals surface area contributed by atoms with E-state index in [0.717, 1.165) is 5.56 Å². The summed E-state index contributed by atoms with van der Waals surface area (Å²) < 4.78 is 10.8. The number of ether oxygens (including phenoxy) is 2. The van der Waals surface area contributed by atoms with Gasteiger partial charge in [0.15, 0.2) is 0 Å². The molecule has 0 spiro atoms. The summed E-state index contributed by atoms with van der Waals surface area (Å²) in [7, 11) is 0. The van der Waals surface area contributed by atoms with Crippen molar-refractivity contribution < 1.29 is 19.1 Å². The summed E-state index contributed by atoms with van der Waals surface area (Å²) >= 11 is 0. The second-order valence-electron chi connectivity index (χ2n) is 7.31. The summed E-state index contributed by atoms with van der Waals surface area (Å²) in [5, 5.41) is 0. The highest BCUT2D eigenvalue weighted by molar-refractivity contribution is 5.75. The number of carbonyl (C=O) groups is 2. The largest absolute Gasteiger partial charge is 0.460 e. The van der Waals surface area contributed by atoms with Gasteiger partial charge in [-0.1, -0.05) is 30.3 Å². The van der Waals surface area contributed by atoms with E-state index in [2.05, 4.69) is 0 Å². The highest BCUT2D eigenvalue weighted by Crippen LogP contribution is 2.38. The molecule has 1 aromatic rings. The molecule has 126 valence electrons. The Hall–Kier alpha value is -1.84. The van der Waals surface area contributed by atoms with Crippen LogP contribution in [0.2, 0.25) is 0 Å². The Balaban J connectivity index is 1.72. The number of esters is 2. The van der Waals surface area contributed by atoms with Crippen molar-refractivity contribution in [2.75, 3.05) is 0 Å². The first kappa shape index (κ1) is 17.5. The van der Waals surface area contributed by atoms with E-state index < -0.39 is 5.60 Å². The van der Waals surface area contributed by atoms with Crippen molar-refractivity contribution in [3.8, 4) is 0 Å². The average molecular weight is 318 g/mol. The lowest BCUT2D eigenvalue weighted by molar-refractivity contribution is -0.163. The van der Waals surface area contributed by atoms with E-state index >= 15 is 0 Å². The van der Waals surface area contributed by atoms with Gasteiger partial charge in [0, 0.05) is 6.42 Å². The maximum atomic E-state index is 12.1. The lowest BCUT2D eigenvalue weighted by Crippen LogP contribution is -2.35. The van der Waals surface area contributed by atoms with Crippen LogP contribution < -0.4 is 0 Å². The normalized spacial score (nSPS) is 21.9. The first-order valence-electron chi connectivity index (χ1n) is 8.22. The number of benzene rings is 1. The summed E-state index contributed by atoms with van der Waals surface area (Å²) in [6, 6.07) is 9.69. The molecule has 0 radical (unpaired) electrons. The van der Waals surface area contributed by atoms with Crippen molar-refractivity contribution in [2.45, 2.75) is 58.7 Å². The average Bonchev–Trinajstić information content (AvgIpc) is 2.41. The summed E-state index contributed by atoms with van der Waals surface area (Å²) in [6.07, 6.45) is 1.56. The third-order valence-corrected chi connectivity index (χ3v) is 4.01. The fourth-order valence-corrected chi connectivity index (χ4v) is 2.78. The van der Waals surface area contributed by atoms with E-state index in [0.29, 0.717) is 19.3 Å². The molecule has 0 aromatic heterocycles. The topological polar surface area (TPSA) is 52.6 Å². The second kappa shape index (κ2) is 7.16. The highest BCUT2D eigenvalue weighted by atomic mass is 16.6. The van der Waals surface area contributed by atoms with Gasteiger partial charge in [-0.2, -0.15) is 0 Å². The molecule has 1 fully saturated rings. The molecule has 1 aromatic carbocycles. The molecule has 4 nitrogen and oxygen atoms in total. The zero-order chi connectivity index (χ0) is 17.0. The second-order valence-corrected chi connectivity index (χ2v) is 7.31. The Bertz CT molecular complexity index is 538. The first-order valence-corrected chi connectivity index (χ1v) is 8.22. The molecule has 1 aliphatic carbocycles. The summed E-state index contributed by atoms with van der Waals surface area (Å²) in [5.41, 5.74) is 0.537. The highest BCUT2D eigenvalue weighted by Gasteiger charge is 2.38. The smallest absolute Gasteiger partial charge is 0.309 e. The van der Waals surface area contributed by atoms with Gasteiger partial charge in [0.2, 0.25) is 0 Å². The molecule has 4 heteroatoms. The van der Waals surface area contributed by atoms with Crippen LogP contribution in [-0.2, 0) is 19.1 Å². The molecule has 0 aliphatic heterocycles. The Morgan fingerprint density at radius 1 is 1.17 bits per heavy atom. The first-order chi connectivity index (χ1) is 10.7. The van der Waals surface area contributed by atoms with Gasteiger partial charge in [-0.25, -0.2) is 0 Å². The maximum Gasteiger partial charge on any atom is 0.309 e. The zero-order valence-electron chi connectivity index (χ0n) is 14.4. The Labute approximate surface area is 138 Å². The molecule has 0 amide bonds. The van der Waals surface area contributed by atoms with Crippen LogP contribution in [0.15, 0.2) is 30.3 Å². The molecule has 1 atom stereocenters. The molecular formula is C19H26O4. The summed E-state index contributed by atoms with van der Waals surface area (Å²) in [5.74, 6) is -0.211. The van der Waals surface area contributed by atoms with Gasteiger partial charge >= 0.3 is 11.9 Å². The van der Waals surface area contributed by atoms with Crippen molar-refractivity contribution in [3.63, 3.8) is 0 Å². The van der Waals surface area contributed by atoms with E-state index in [1.54, 1.807) is 0 Å². The van der Waals surface area contributed by atoms with Gasteiger partial charge < -0.3 is 9.47 Å². The molecule has 1 saturated carbocycles. The molecule has 2 rings (SSSR count). The van der Waals surface area contributed by atoms with Crippen molar-refractivity contribution in [1.82, 2.24) is 0 Å². The number of hydrogen-bond donors (Lipinski definition) is 0. The van der Waals surface area contributed by atoms with Crippen LogP contribution in [0.5, 0.6) is 0 Å². The zero-order valence-corrected chi connectivity index (χ0v) is 14.4. The van der Waals surface area contributed by atoms with Gasteiger partial charge in [-0.05, 0) is 52.0 Å². The van der Waals surface area contributed by atoms with E-state index in [4.69, 9.17) is 9.47 Å². The SMILES string of the molecule is CC(OC(=O)C1CC(CC(=O)OC(C)(C)C)C1)c1ccccc1. The minimum atomic E-state index is -0.454. The third kappa shape index (κ3) is 5.38. The van der Waals surface area contributed by atoms with Crippen molar-refractivity contribution in [1.29, 1.82) is 0 Å². The molecule has 1 unspecified atom stereocenters. The van der Waals surface area contributed by atoms with Crippen LogP contribution in [0, 0.1) is 11.8 Å². The monoisotopic (exact) mass is 318 g/mol. The number of carbonyl (C=O) groups excluding carboxylic acids is 2. The summed E-state index contributed by atoms with van der Waals surface area (Å²) in [4.78, 5) is 23.9. The van der Waals surface area contributed by atoms with Gasteiger partial charge in [-0.3, -0.25) is 9.59 Å². The molecule has 0 N–H and O–H groups in total. The van der Waals surface area contributed by atoms with Crippen LogP contribution in [0.1, 0.15) is 58.6 Å². The maximum absolute atomic E-state index is 12.1. The molecule has 1 aliphatic rings. The fraction of sp³-hybridized carbons (Fsp3) is 0.579. The fourth-order valence-electron chi connectivity index (χ4n) is 2.78. The Morgan fingerprint density at radius 2 is 1.78 bits per heavy atom. The van der Waals surface area contributed by atoms with Crippen molar-refractivity contribution in [2.24, 2.45) is 11.8 Å². The predicted octanol–water partition coefficient (Wildman–Crippen LogP) is 4.05. The minimum Gasteiger partial charge on any atom is -0.460 e. The van der Waals surface area contributed by atoms with Crippen molar-refractivity contribution >= 4 is 11.9 Å². The molecule has 0 bridgehead atoms. The molecule has 0 saturated heterocycles. The lowest BCUT2D eigenvalue weighted by Gasteiger charge is -2.34. The lowest BCUT2D eigenvalue weighted by atomic mass is 9.73. The third-order valence-electron chi connectivity index (χ3n) is 4.01. The standard InChI is InChI=1S/C19H26O4/c1-13(15-8-6-5-7-9-15)22-18(21)16-10-14(11-16)12-17(20)23-19(2,3)4/h5-9,13-14,16H,10-12H2,1-4H3.